The molecule has 0 aliphatic rings. The lowest BCUT2D eigenvalue weighted by Crippen LogP contribution is -2.23. The maximum absolute atomic E-state index is 13.1. The maximum Gasteiger partial charge on any atom is 0.267 e. The highest BCUT2D eigenvalue weighted by molar-refractivity contribution is 7.91. The summed E-state index contributed by atoms with van der Waals surface area (Å²) in [7, 11) is -3.68. The molecular formula is C24H23N3O4S. The smallest absolute Gasteiger partial charge is 0.267 e. The summed E-state index contributed by atoms with van der Waals surface area (Å²) in [4.78, 5) is 20.0. The first kappa shape index (κ1) is 21.7. The molecular weight excluding hydrogens is 426 g/mol. The highest BCUT2D eigenvalue weighted by atomic mass is 32.2. The fourth-order valence-corrected chi connectivity index (χ4v) is 4.86. The first-order chi connectivity index (χ1) is 15.5. The van der Waals surface area contributed by atoms with Crippen molar-refractivity contribution < 1.29 is 17.9 Å². The lowest BCUT2D eigenvalue weighted by atomic mass is 10.2. The van der Waals surface area contributed by atoms with Crippen LogP contribution in [-0.2, 0) is 27.7 Å². The van der Waals surface area contributed by atoms with E-state index in [1.54, 1.807) is 73.1 Å². The molecule has 1 amide bonds. The molecule has 0 atom stereocenters. The zero-order valence-electron chi connectivity index (χ0n) is 17.5. The van der Waals surface area contributed by atoms with E-state index >= 15 is 0 Å². The monoisotopic (exact) mass is 449 g/mol. The van der Waals surface area contributed by atoms with Crippen molar-refractivity contribution in [1.29, 1.82) is 0 Å². The van der Waals surface area contributed by atoms with Crippen molar-refractivity contribution in [3.63, 3.8) is 0 Å². The van der Waals surface area contributed by atoms with Crippen molar-refractivity contribution in [1.82, 2.24) is 15.3 Å². The Balaban J connectivity index is 1.46. The van der Waals surface area contributed by atoms with Crippen LogP contribution in [0.15, 0.2) is 82.8 Å². The molecule has 0 radical (unpaired) electrons. The van der Waals surface area contributed by atoms with E-state index in [2.05, 4.69) is 15.3 Å². The molecule has 2 heterocycles. The van der Waals surface area contributed by atoms with Crippen LogP contribution in [0.1, 0.15) is 28.5 Å². The van der Waals surface area contributed by atoms with Crippen LogP contribution >= 0.6 is 0 Å². The Hall–Kier alpha value is -3.49. The summed E-state index contributed by atoms with van der Waals surface area (Å²) in [6.07, 6.45) is 3.35. The first-order valence-corrected chi connectivity index (χ1v) is 11.7. The molecule has 2 aromatic heterocycles. The number of aromatic amines is 1. The van der Waals surface area contributed by atoms with E-state index in [0.717, 1.165) is 16.5 Å². The van der Waals surface area contributed by atoms with Crippen LogP contribution in [-0.4, -0.2) is 30.9 Å². The minimum absolute atomic E-state index is 0.194. The third-order valence-corrected chi connectivity index (χ3v) is 6.95. The van der Waals surface area contributed by atoms with E-state index in [4.69, 9.17) is 4.74 Å². The number of amides is 1. The minimum atomic E-state index is -3.68. The van der Waals surface area contributed by atoms with Gasteiger partial charge in [0.05, 0.1) is 16.4 Å². The Morgan fingerprint density at radius 3 is 2.62 bits per heavy atom. The van der Waals surface area contributed by atoms with E-state index in [1.807, 2.05) is 6.92 Å². The van der Waals surface area contributed by atoms with Gasteiger partial charge in [-0.15, -0.1) is 0 Å². The SMILES string of the molecule is CCOCc1ccccc1S(=O)(=O)c1ccc(CNC(=O)c2cc3cnccc3[nH]2)cc1. The summed E-state index contributed by atoms with van der Waals surface area (Å²) >= 11 is 0. The molecule has 164 valence electrons. The van der Waals surface area contributed by atoms with E-state index in [0.29, 0.717) is 17.9 Å². The number of H-pyrrole nitrogens is 1. The molecule has 0 bridgehead atoms. The number of carbonyl (C=O) groups is 1. The van der Waals surface area contributed by atoms with Gasteiger partial charge in [0.15, 0.2) is 0 Å². The molecule has 0 aliphatic heterocycles. The first-order valence-electron chi connectivity index (χ1n) is 10.2. The van der Waals surface area contributed by atoms with Gasteiger partial charge in [-0.2, -0.15) is 0 Å². The molecule has 0 unspecified atom stereocenters. The number of ether oxygens (including phenoxy) is 1. The van der Waals surface area contributed by atoms with Crippen LogP contribution in [0.5, 0.6) is 0 Å². The van der Waals surface area contributed by atoms with Crippen molar-refractivity contribution in [2.45, 2.75) is 29.9 Å². The fraction of sp³-hybridized carbons (Fsp3) is 0.167. The topological polar surface area (TPSA) is 101 Å². The summed E-state index contributed by atoms with van der Waals surface area (Å²) in [5, 5.41) is 3.70. The number of hydrogen-bond acceptors (Lipinski definition) is 5. The highest BCUT2D eigenvalue weighted by Gasteiger charge is 2.21. The van der Waals surface area contributed by atoms with Crippen molar-refractivity contribution in [2.75, 3.05) is 6.61 Å². The molecule has 0 spiro atoms. The zero-order chi connectivity index (χ0) is 22.6. The summed E-state index contributed by atoms with van der Waals surface area (Å²) in [5.74, 6) is -0.247. The van der Waals surface area contributed by atoms with Gasteiger partial charge in [0, 0.05) is 36.4 Å². The molecule has 8 heteroatoms. The van der Waals surface area contributed by atoms with Crippen LogP contribution in [0.3, 0.4) is 0 Å². The average Bonchev–Trinajstić information content (AvgIpc) is 3.26. The number of nitrogens with one attached hydrogen (secondary N) is 2. The predicted molar refractivity (Wildman–Crippen MR) is 121 cm³/mol. The van der Waals surface area contributed by atoms with Gasteiger partial charge in [0.2, 0.25) is 9.84 Å². The summed E-state index contributed by atoms with van der Waals surface area (Å²) in [5.41, 5.74) is 2.69. The van der Waals surface area contributed by atoms with Crippen LogP contribution in [0.2, 0.25) is 0 Å². The summed E-state index contributed by atoms with van der Waals surface area (Å²) in [6.45, 7) is 2.88. The number of nitrogens with zero attached hydrogens (tertiary/aromatic N) is 1. The molecule has 0 saturated heterocycles. The van der Waals surface area contributed by atoms with Gasteiger partial charge in [-0.3, -0.25) is 9.78 Å². The standard InChI is InChI=1S/C24H23N3O4S/c1-2-31-16-18-5-3-4-6-23(18)32(29,30)20-9-7-17(8-10-20)14-26-24(28)22-13-19-15-25-12-11-21(19)27-22/h3-13,15,27H,2,14,16H2,1H3,(H,26,28). The Morgan fingerprint density at radius 1 is 1.09 bits per heavy atom. The molecule has 4 aromatic rings. The number of aromatic nitrogens is 2. The number of pyridine rings is 1. The summed E-state index contributed by atoms with van der Waals surface area (Å²) < 4.78 is 31.7. The number of rotatable bonds is 8. The molecule has 32 heavy (non-hydrogen) atoms. The summed E-state index contributed by atoms with van der Waals surface area (Å²) in [6, 6.07) is 16.9. The fourth-order valence-electron chi connectivity index (χ4n) is 3.38. The molecule has 0 fully saturated rings. The van der Waals surface area contributed by atoms with Crippen LogP contribution in [0.25, 0.3) is 10.9 Å². The maximum atomic E-state index is 13.1. The Kier molecular flexibility index (Phi) is 6.34. The Bertz CT molecular complexity index is 1310. The van der Waals surface area contributed by atoms with Gasteiger partial charge in [0.1, 0.15) is 5.69 Å². The molecule has 0 saturated carbocycles. The van der Waals surface area contributed by atoms with Gasteiger partial charge in [-0.1, -0.05) is 30.3 Å². The molecule has 0 aliphatic carbocycles. The Morgan fingerprint density at radius 2 is 1.88 bits per heavy atom. The number of hydrogen-bond donors (Lipinski definition) is 2. The van der Waals surface area contributed by atoms with Crippen LogP contribution in [0, 0.1) is 0 Å². The third kappa shape index (κ3) is 4.56. The van der Waals surface area contributed by atoms with Crippen molar-refractivity contribution >= 4 is 26.6 Å². The number of fused-ring (bicyclic) bond motifs is 1. The van der Waals surface area contributed by atoms with E-state index in [-0.39, 0.29) is 28.8 Å². The minimum Gasteiger partial charge on any atom is -0.377 e. The Labute approximate surface area is 186 Å². The number of carbonyl (C=O) groups excluding carboxylic acids is 1. The average molecular weight is 450 g/mol. The van der Waals surface area contributed by atoms with Crippen LogP contribution < -0.4 is 5.32 Å². The quantitative estimate of drug-likeness (QED) is 0.425. The van der Waals surface area contributed by atoms with Gasteiger partial charge in [-0.25, -0.2) is 8.42 Å². The van der Waals surface area contributed by atoms with Crippen molar-refractivity contribution in [3.8, 4) is 0 Å². The molecule has 2 N–H and O–H groups in total. The van der Waals surface area contributed by atoms with E-state index < -0.39 is 9.84 Å². The van der Waals surface area contributed by atoms with Crippen molar-refractivity contribution in [2.24, 2.45) is 0 Å². The number of sulfone groups is 1. The largest absolute Gasteiger partial charge is 0.377 e. The van der Waals surface area contributed by atoms with Crippen LogP contribution in [0.4, 0.5) is 0 Å². The van der Waals surface area contributed by atoms with Crippen molar-refractivity contribution in [3.05, 3.63) is 89.9 Å². The van der Waals surface area contributed by atoms with E-state index in [9.17, 15) is 13.2 Å². The zero-order valence-corrected chi connectivity index (χ0v) is 18.4. The van der Waals surface area contributed by atoms with Gasteiger partial charge < -0.3 is 15.0 Å². The second kappa shape index (κ2) is 9.33. The molecule has 7 nitrogen and oxygen atoms in total. The normalized spacial score (nSPS) is 11.5. The number of benzene rings is 2. The van der Waals surface area contributed by atoms with Gasteiger partial charge in [-0.05, 0) is 48.4 Å². The van der Waals surface area contributed by atoms with Gasteiger partial charge in [0.25, 0.3) is 5.91 Å². The highest BCUT2D eigenvalue weighted by Crippen LogP contribution is 2.25. The molecule has 2 aromatic carbocycles. The third-order valence-electron chi connectivity index (χ3n) is 5.08. The van der Waals surface area contributed by atoms with E-state index in [1.165, 1.54) is 0 Å². The molecule has 4 rings (SSSR count). The second-order valence-corrected chi connectivity index (χ2v) is 9.14. The lowest BCUT2D eigenvalue weighted by Gasteiger charge is -2.11. The second-order valence-electron chi connectivity index (χ2n) is 7.22. The van der Waals surface area contributed by atoms with Gasteiger partial charge >= 0.3 is 0 Å². The lowest BCUT2D eigenvalue weighted by molar-refractivity contribution is 0.0946. The predicted octanol–water partition coefficient (Wildman–Crippen LogP) is 3.86.